The zero-order valence-electron chi connectivity index (χ0n) is 21.0. The van der Waals surface area contributed by atoms with Crippen LogP contribution in [0.2, 0.25) is 0 Å². The van der Waals surface area contributed by atoms with Crippen LogP contribution >= 0.6 is 11.3 Å². The molecule has 0 unspecified atom stereocenters. The first-order valence-corrected chi connectivity index (χ1v) is 15.2. The first-order chi connectivity index (χ1) is 17.8. The normalized spacial score (nSPS) is 22.7. The number of Topliss-reactive ketones (excluding diaryl/α,β-unsaturated/α-hetero) is 1. The van der Waals surface area contributed by atoms with Crippen molar-refractivity contribution in [1.82, 2.24) is 19.9 Å². The number of carbonyl (C=O) groups is 3. The van der Waals surface area contributed by atoms with Gasteiger partial charge in [-0.3, -0.25) is 14.4 Å². The molecule has 0 radical (unpaired) electrons. The van der Waals surface area contributed by atoms with E-state index in [2.05, 4.69) is 15.6 Å². The number of rotatable bonds is 8. The number of hydrogen-bond donors (Lipinski definition) is 2. The van der Waals surface area contributed by atoms with Gasteiger partial charge in [0, 0.05) is 17.6 Å². The smallest absolute Gasteiger partial charge is 0.261 e. The van der Waals surface area contributed by atoms with Gasteiger partial charge in [0.05, 0.1) is 18.2 Å². The van der Waals surface area contributed by atoms with Crippen molar-refractivity contribution in [2.45, 2.75) is 81.4 Å². The number of nitrogens with one attached hydrogen (secondary N) is 2. The molecule has 2 aromatic heterocycles. The van der Waals surface area contributed by atoms with Crippen LogP contribution in [0.5, 0.6) is 0 Å². The molecule has 2 fully saturated rings. The Hall–Kier alpha value is -2.63. The van der Waals surface area contributed by atoms with Gasteiger partial charge in [-0.25, -0.2) is 13.4 Å². The van der Waals surface area contributed by atoms with Crippen molar-refractivity contribution in [3.63, 3.8) is 0 Å². The summed E-state index contributed by atoms with van der Waals surface area (Å²) >= 11 is 1.41. The molecule has 2 aromatic rings. The Morgan fingerprint density at radius 1 is 1.14 bits per heavy atom. The first-order valence-electron chi connectivity index (χ1n) is 12.8. The van der Waals surface area contributed by atoms with Crippen molar-refractivity contribution in [3.05, 3.63) is 46.8 Å². The highest BCUT2D eigenvalue weighted by Gasteiger charge is 2.38. The lowest BCUT2D eigenvalue weighted by atomic mass is 9.84. The number of aromatic nitrogens is 1. The molecular weight excluding hydrogens is 512 g/mol. The highest BCUT2D eigenvalue weighted by molar-refractivity contribution is 7.89. The molecule has 2 N–H and O–H groups in total. The maximum absolute atomic E-state index is 13.4. The molecule has 2 amide bonds. The van der Waals surface area contributed by atoms with E-state index in [1.807, 2.05) is 0 Å². The van der Waals surface area contributed by atoms with E-state index in [4.69, 9.17) is 0 Å². The van der Waals surface area contributed by atoms with E-state index in [0.717, 1.165) is 25.7 Å². The van der Waals surface area contributed by atoms with Gasteiger partial charge in [-0.1, -0.05) is 38.2 Å². The summed E-state index contributed by atoms with van der Waals surface area (Å²) in [5.74, 6) is -0.763. The topological polar surface area (TPSA) is 126 Å². The molecule has 3 heterocycles. The minimum Gasteiger partial charge on any atom is -0.344 e. The second-order valence-corrected chi connectivity index (χ2v) is 12.6. The molecule has 0 spiro atoms. The summed E-state index contributed by atoms with van der Waals surface area (Å²) < 4.78 is 27.5. The third kappa shape index (κ3) is 6.82. The molecular formula is C26H34N4O5S2. The fourth-order valence-electron chi connectivity index (χ4n) is 5.12. The number of amides is 2. The van der Waals surface area contributed by atoms with Crippen molar-refractivity contribution in [2.24, 2.45) is 5.92 Å². The highest BCUT2D eigenvalue weighted by atomic mass is 32.2. The zero-order valence-corrected chi connectivity index (χ0v) is 22.6. The number of carbonyl (C=O) groups excluding carboxylic acids is 3. The summed E-state index contributed by atoms with van der Waals surface area (Å²) in [6, 6.07) is 4.30. The Kier molecular flexibility index (Phi) is 9.09. The van der Waals surface area contributed by atoms with Crippen LogP contribution in [-0.4, -0.2) is 60.0 Å². The average molecular weight is 547 g/mol. The van der Waals surface area contributed by atoms with Gasteiger partial charge in [0.1, 0.15) is 6.04 Å². The van der Waals surface area contributed by atoms with Crippen LogP contribution in [0.25, 0.3) is 0 Å². The van der Waals surface area contributed by atoms with Gasteiger partial charge in [-0.15, -0.1) is 0 Å². The molecule has 11 heteroatoms. The summed E-state index contributed by atoms with van der Waals surface area (Å²) in [6.45, 7) is 1.41. The SMILES string of the molecule is C[C@@H]1CC[C@H](NC(=O)[C@H](CC2CCCCC2)NC(=O)c2ccsc2)C(=O)CN1S(=O)(=O)c1ccccn1. The molecule has 1 saturated carbocycles. The first kappa shape index (κ1) is 27.4. The molecule has 0 aromatic carbocycles. The van der Waals surface area contributed by atoms with Gasteiger partial charge >= 0.3 is 0 Å². The van der Waals surface area contributed by atoms with Gasteiger partial charge in [-0.05, 0) is 55.7 Å². The quantitative estimate of drug-likeness (QED) is 0.524. The largest absolute Gasteiger partial charge is 0.344 e. The van der Waals surface area contributed by atoms with Crippen molar-refractivity contribution >= 4 is 39.0 Å². The lowest BCUT2D eigenvalue weighted by Gasteiger charge is -2.28. The van der Waals surface area contributed by atoms with Crippen LogP contribution in [0.1, 0.15) is 68.6 Å². The van der Waals surface area contributed by atoms with Gasteiger partial charge in [-0.2, -0.15) is 15.6 Å². The molecule has 4 rings (SSSR count). The lowest BCUT2D eigenvalue weighted by molar-refractivity contribution is -0.129. The fraction of sp³-hybridized carbons (Fsp3) is 0.538. The summed E-state index contributed by atoms with van der Waals surface area (Å²) in [4.78, 5) is 43.3. The zero-order chi connectivity index (χ0) is 26.4. The van der Waals surface area contributed by atoms with Gasteiger partial charge < -0.3 is 10.6 Å². The van der Waals surface area contributed by atoms with Crippen molar-refractivity contribution < 1.29 is 22.8 Å². The maximum Gasteiger partial charge on any atom is 0.261 e. The third-order valence-electron chi connectivity index (χ3n) is 7.29. The predicted octanol–water partition coefficient (Wildman–Crippen LogP) is 3.14. The predicted molar refractivity (Wildman–Crippen MR) is 141 cm³/mol. The Bertz CT molecular complexity index is 1180. The monoisotopic (exact) mass is 546 g/mol. The lowest BCUT2D eigenvalue weighted by Crippen LogP contribution is -2.53. The summed E-state index contributed by atoms with van der Waals surface area (Å²) in [7, 11) is -3.96. The average Bonchev–Trinajstić information content (AvgIpc) is 3.40. The molecule has 0 bridgehead atoms. The number of thiophene rings is 1. The summed E-state index contributed by atoms with van der Waals surface area (Å²) in [6.07, 6.45) is 8.05. The maximum atomic E-state index is 13.4. The van der Waals surface area contributed by atoms with Crippen LogP contribution in [0.3, 0.4) is 0 Å². The Balaban J connectivity index is 1.46. The van der Waals surface area contributed by atoms with Crippen molar-refractivity contribution in [2.75, 3.05) is 6.54 Å². The second kappa shape index (κ2) is 12.3. The Morgan fingerprint density at radius 2 is 1.92 bits per heavy atom. The van der Waals surface area contributed by atoms with Gasteiger partial charge in [0.2, 0.25) is 5.91 Å². The molecule has 37 heavy (non-hydrogen) atoms. The number of pyridine rings is 1. The van der Waals surface area contributed by atoms with Gasteiger partial charge in [0.15, 0.2) is 10.8 Å². The van der Waals surface area contributed by atoms with Crippen molar-refractivity contribution in [1.29, 1.82) is 0 Å². The van der Waals surface area contributed by atoms with Crippen LogP contribution < -0.4 is 10.6 Å². The van der Waals surface area contributed by atoms with Crippen LogP contribution in [0.4, 0.5) is 0 Å². The highest BCUT2D eigenvalue weighted by Crippen LogP contribution is 2.28. The standard InChI is InChI=1S/C26H34N4O5S2/c1-18-10-11-21(23(31)16-30(18)37(34,35)24-9-5-6-13-27-24)28-26(33)22(15-19-7-3-2-4-8-19)29-25(32)20-12-14-36-17-20/h5-6,9,12-14,17-19,21-22H,2-4,7-8,10-11,15-16H2,1H3,(H,28,33)(H,29,32)/t18-,21+,22+/m1/s1. The molecule has 200 valence electrons. The van der Waals surface area contributed by atoms with E-state index < -0.39 is 34.1 Å². The molecule has 2 aliphatic rings. The summed E-state index contributed by atoms with van der Waals surface area (Å²) in [5.41, 5.74) is 0.501. The molecule has 1 aliphatic carbocycles. The van der Waals surface area contributed by atoms with E-state index in [0.29, 0.717) is 30.7 Å². The van der Waals surface area contributed by atoms with E-state index >= 15 is 0 Å². The summed E-state index contributed by atoms with van der Waals surface area (Å²) in [5, 5.41) is 9.15. The minimum absolute atomic E-state index is 0.110. The number of sulfonamides is 1. The minimum atomic E-state index is -3.96. The molecule has 3 atom stereocenters. The van der Waals surface area contributed by atoms with Crippen molar-refractivity contribution in [3.8, 4) is 0 Å². The number of hydrogen-bond acceptors (Lipinski definition) is 7. The second-order valence-electron chi connectivity index (χ2n) is 9.95. The Morgan fingerprint density at radius 3 is 2.59 bits per heavy atom. The van der Waals surface area contributed by atoms with E-state index in [1.165, 1.54) is 34.3 Å². The fourth-order valence-corrected chi connectivity index (χ4v) is 7.32. The van der Waals surface area contributed by atoms with Gasteiger partial charge in [0.25, 0.3) is 15.9 Å². The molecule has 1 saturated heterocycles. The molecule has 1 aliphatic heterocycles. The van der Waals surface area contributed by atoms with Crippen LogP contribution in [-0.2, 0) is 19.6 Å². The van der Waals surface area contributed by atoms with Crippen LogP contribution in [0.15, 0.2) is 46.2 Å². The number of ketones is 1. The third-order valence-corrected chi connectivity index (χ3v) is 9.85. The van der Waals surface area contributed by atoms with E-state index in [-0.39, 0.29) is 23.3 Å². The van der Waals surface area contributed by atoms with E-state index in [1.54, 1.807) is 35.9 Å². The Labute approximate surface area is 222 Å². The van der Waals surface area contributed by atoms with E-state index in [9.17, 15) is 22.8 Å². The van der Waals surface area contributed by atoms with Crippen LogP contribution in [0, 0.1) is 5.92 Å². The number of nitrogens with zero attached hydrogens (tertiary/aromatic N) is 2. The molecule has 9 nitrogen and oxygen atoms in total.